The Balaban J connectivity index is 1.15. The van der Waals surface area contributed by atoms with Crippen LogP contribution in [0.2, 0.25) is 0 Å². The van der Waals surface area contributed by atoms with Gasteiger partial charge in [-0.1, -0.05) is 69.6 Å². The van der Waals surface area contributed by atoms with Crippen molar-refractivity contribution in [3.05, 3.63) is 66.0 Å². The quantitative estimate of drug-likeness (QED) is 0.276. The molecule has 2 aromatic rings. The van der Waals surface area contributed by atoms with Gasteiger partial charge in [-0.3, -0.25) is 24.3 Å². The fourth-order valence-electron chi connectivity index (χ4n) is 4.73. The fourth-order valence-corrected chi connectivity index (χ4v) is 4.73. The van der Waals surface area contributed by atoms with E-state index < -0.39 is 0 Å². The van der Waals surface area contributed by atoms with Gasteiger partial charge in [0.1, 0.15) is 0 Å². The van der Waals surface area contributed by atoms with Crippen LogP contribution in [0.25, 0.3) is 0 Å². The van der Waals surface area contributed by atoms with Crippen LogP contribution in [0, 0.1) is 5.92 Å². The number of imide groups is 1. The molecule has 3 rings (SSSR count). The first-order chi connectivity index (χ1) is 17.6. The average molecular weight is 493 g/mol. The number of carbonyl (C=O) groups is 3. The van der Waals surface area contributed by atoms with E-state index in [1.807, 2.05) is 18.2 Å². The molecule has 36 heavy (non-hydrogen) atoms. The zero-order chi connectivity index (χ0) is 25.6. The number of nitrogens with one attached hydrogen (secondary N) is 1. The minimum atomic E-state index is -0.168. The number of hydrogen-bond acceptors (Lipinski definition) is 5. The monoisotopic (exact) mass is 492 g/mol. The Morgan fingerprint density at radius 2 is 1.61 bits per heavy atom. The Morgan fingerprint density at radius 3 is 2.31 bits per heavy atom. The van der Waals surface area contributed by atoms with Crippen molar-refractivity contribution in [3.63, 3.8) is 0 Å². The van der Waals surface area contributed by atoms with Gasteiger partial charge in [0, 0.05) is 43.0 Å². The van der Waals surface area contributed by atoms with Gasteiger partial charge in [0.15, 0.2) is 0 Å². The summed E-state index contributed by atoms with van der Waals surface area (Å²) < 4.78 is 0. The molecule has 2 heterocycles. The predicted octanol–water partition coefficient (Wildman–Crippen LogP) is 4.73. The lowest BCUT2D eigenvalue weighted by Gasteiger charge is -2.15. The van der Waals surface area contributed by atoms with Crippen molar-refractivity contribution in [1.29, 1.82) is 0 Å². The summed E-state index contributed by atoms with van der Waals surface area (Å²) in [6.45, 7) is 1.02. The molecule has 1 aliphatic rings. The molecule has 2 atom stereocenters. The Kier molecular flexibility index (Phi) is 11.6. The Bertz CT molecular complexity index is 952. The highest BCUT2D eigenvalue weighted by Gasteiger charge is 2.35. The van der Waals surface area contributed by atoms with Crippen molar-refractivity contribution in [2.75, 3.05) is 13.1 Å². The van der Waals surface area contributed by atoms with Crippen molar-refractivity contribution in [1.82, 2.24) is 15.2 Å². The molecule has 1 aromatic carbocycles. The van der Waals surface area contributed by atoms with Gasteiger partial charge in [0.25, 0.3) is 11.8 Å². The van der Waals surface area contributed by atoms with Crippen LogP contribution >= 0.6 is 0 Å². The van der Waals surface area contributed by atoms with Gasteiger partial charge in [-0.2, -0.15) is 0 Å². The molecule has 0 aliphatic carbocycles. The number of unbranched alkanes of at least 4 members (excludes halogenated alkanes) is 7. The third kappa shape index (κ3) is 8.86. The first-order valence-electron chi connectivity index (χ1n) is 13.4. The molecular formula is C29H40N4O3. The number of aromatic nitrogens is 1. The van der Waals surface area contributed by atoms with E-state index in [2.05, 4.69) is 10.3 Å². The first-order valence-corrected chi connectivity index (χ1v) is 13.4. The number of nitrogens with two attached hydrogens (primary N) is 1. The highest BCUT2D eigenvalue weighted by Crippen LogP contribution is 2.25. The third-order valence-electron chi connectivity index (χ3n) is 6.91. The Hall–Kier alpha value is -3.06. The van der Waals surface area contributed by atoms with Gasteiger partial charge >= 0.3 is 0 Å². The number of carbonyl (C=O) groups excluding carboxylic acids is 3. The molecule has 194 valence electrons. The van der Waals surface area contributed by atoms with Crippen LogP contribution in [0.1, 0.15) is 91.3 Å². The lowest BCUT2D eigenvalue weighted by molar-refractivity contribution is -0.129. The van der Waals surface area contributed by atoms with Gasteiger partial charge in [0.05, 0.1) is 5.56 Å². The number of rotatable bonds is 15. The SMILES string of the molecule is NC(CCCCCCCCCCC1CCN(C(=O)c2ccccc2)C1=O)CNC(=O)c1cccnc1. The summed E-state index contributed by atoms with van der Waals surface area (Å²) in [5.74, 6) is -0.304. The maximum Gasteiger partial charge on any atom is 0.260 e. The Morgan fingerprint density at radius 1 is 0.944 bits per heavy atom. The second kappa shape index (κ2) is 15.1. The van der Waals surface area contributed by atoms with Crippen LogP contribution in [0.5, 0.6) is 0 Å². The molecular weight excluding hydrogens is 452 g/mol. The lowest BCUT2D eigenvalue weighted by atomic mass is 9.98. The van der Waals surface area contributed by atoms with E-state index in [4.69, 9.17) is 5.73 Å². The molecule has 3 N–H and O–H groups in total. The van der Waals surface area contributed by atoms with Gasteiger partial charge in [-0.25, -0.2) is 0 Å². The fraction of sp³-hybridized carbons (Fsp3) is 0.517. The molecule has 0 radical (unpaired) electrons. The number of benzene rings is 1. The van der Waals surface area contributed by atoms with Crippen molar-refractivity contribution in [2.45, 2.75) is 76.7 Å². The van der Waals surface area contributed by atoms with E-state index in [1.165, 1.54) is 30.6 Å². The van der Waals surface area contributed by atoms with Gasteiger partial charge < -0.3 is 11.1 Å². The summed E-state index contributed by atoms with van der Waals surface area (Å²) in [6, 6.07) is 12.5. The van der Waals surface area contributed by atoms with Crippen molar-refractivity contribution >= 4 is 17.7 Å². The highest BCUT2D eigenvalue weighted by molar-refractivity contribution is 6.06. The first kappa shape index (κ1) is 27.5. The van der Waals surface area contributed by atoms with Crippen LogP contribution in [0.3, 0.4) is 0 Å². The molecule has 1 aromatic heterocycles. The number of amides is 3. The molecule has 7 nitrogen and oxygen atoms in total. The lowest BCUT2D eigenvalue weighted by Crippen LogP contribution is -2.37. The zero-order valence-corrected chi connectivity index (χ0v) is 21.2. The standard InChI is InChI=1S/C29H40N4O3/c30-26(22-32-27(34)25-16-12-19-31-21-25)17-11-6-4-2-1-3-5-8-15-24-18-20-33(29(24)36)28(35)23-13-9-7-10-14-23/h7,9-10,12-14,16,19,21,24,26H,1-6,8,11,15,17-18,20,22,30H2,(H,32,34). The topological polar surface area (TPSA) is 105 Å². The molecule has 0 spiro atoms. The van der Waals surface area contributed by atoms with E-state index in [9.17, 15) is 14.4 Å². The molecule has 1 fully saturated rings. The maximum atomic E-state index is 12.6. The maximum absolute atomic E-state index is 12.6. The van der Waals surface area contributed by atoms with Gasteiger partial charge in [-0.05, 0) is 43.5 Å². The van der Waals surface area contributed by atoms with E-state index in [-0.39, 0.29) is 29.7 Å². The molecule has 2 unspecified atom stereocenters. The number of nitrogens with zero attached hydrogens (tertiary/aromatic N) is 2. The van der Waals surface area contributed by atoms with E-state index >= 15 is 0 Å². The van der Waals surface area contributed by atoms with Gasteiger partial charge in [-0.15, -0.1) is 0 Å². The molecule has 1 aliphatic heterocycles. The Labute approximate surface area is 214 Å². The minimum absolute atomic E-state index is 0.00120. The van der Waals surface area contributed by atoms with E-state index in [0.29, 0.717) is 24.2 Å². The molecule has 0 bridgehead atoms. The molecule has 7 heteroatoms. The summed E-state index contributed by atoms with van der Waals surface area (Å²) in [5, 5.41) is 2.87. The molecule has 0 saturated carbocycles. The third-order valence-corrected chi connectivity index (χ3v) is 6.91. The molecule has 3 amide bonds. The van der Waals surface area contributed by atoms with Crippen LogP contribution in [0.4, 0.5) is 0 Å². The van der Waals surface area contributed by atoms with Gasteiger partial charge in [0.2, 0.25) is 5.91 Å². The number of hydrogen-bond donors (Lipinski definition) is 2. The van der Waals surface area contributed by atoms with E-state index in [0.717, 1.165) is 44.9 Å². The summed E-state index contributed by atoms with van der Waals surface area (Å²) in [4.78, 5) is 42.6. The zero-order valence-electron chi connectivity index (χ0n) is 21.2. The predicted molar refractivity (Wildman–Crippen MR) is 141 cm³/mol. The van der Waals surface area contributed by atoms with Crippen molar-refractivity contribution in [2.24, 2.45) is 11.7 Å². The van der Waals surface area contributed by atoms with Crippen LogP contribution in [-0.4, -0.2) is 46.7 Å². The summed E-state index contributed by atoms with van der Waals surface area (Å²) in [6.07, 6.45) is 15.0. The van der Waals surface area contributed by atoms with Crippen LogP contribution < -0.4 is 11.1 Å². The highest BCUT2D eigenvalue weighted by atomic mass is 16.2. The van der Waals surface area contributed by atoms with Crippen LogP contribution in [-0.2, 0) is 4.79 Å². The second-order valence-corrected chi connectivity index (χ2v) is 9.76. The largest absolute Gasteiger partial charge is 0.350 e. The van der Waals surface area contributed by atoms with E-state index in [1.54, 1.807) is 36.7 Å². The smallest absolute Gasteiger partial charge is 0.260 e. The van der Waals surface area contributed by atoms with Crippen molar-refractivity contribution in [3.8, 4) is 0 Å². The number of pyridine rings is 1. The minimum Gasteiger partial charge on any atom is -0.350 e. The van der Waals surface area contributed by atoms with Crippen LogP contribution in [0.15, 0.2) is 54.9 Å². The second-order valence-electron chi connectivity index (χ2n) is 9.76. The summed E-state index contributed by atoms with van der Waals surface area (Å²) >= 11 is 0. The van der Waals surface area contributed by atoms with Crippen molar-refractivity contribution < 1.29 is 14.4 Å². The normalized spacial score (nSPS) is 16.2. The number of likely N-dealkylation sites (tertiary alicyclic amines) is 1. The summed E-state index contributed by atoms with van der Waals surface area (Å²) in [5.41, 5.74) is 7.28. The molecule has 1 saturated heterocycles. The average Bonchev–Trinajstić information content (AvgIpc) is 3.28. The summed E-state index contributed by atoms with van der Waals surface area (Å²) in [7, 11) is 0.